The van der Waals surface area contributed by atoms with Crippen LogP contribution in [0.2, 0.25) is 0 Å². The maximum Gasteiger partial charge on any atom is 0.225 e. The van der Waals surface area contributed by atoms with Gasteiger partial charge in [0.1, 0.15) is 5.75 Å². The summed E-state index contributed by atoms with van der Waals surface area (Å²) in [7, 11) is 5.55. The van der Waals surface area contributed by atoms with E-state index in [1.54, 1.807) is 7.11 Å². The third-order valence-corrected chi connectivity index (χ3v) is 6.27. The minimum Gasteiger partial charge on any atom is -0.496 e. The highest BCUT2D eigenvalue weighted by atomic mass is 127. The molecule has 2 fully saturated rings. The summed E-state index contributed by atoms with van der Waals surface area (Å²) in [6.45, 7) is 6.14. The van der Waals surface area contributed by atoms with E-state index in [1.807, 2.05) is 32.3 Å². The van der Waals surface area contributed by atoms with Crippen LogP contribution in [0.1, 0.15) is 31.2 Å². The van der Waals surface area contributed by atoms with Crippen molar-refractivity contribution in [3.05, 3.63) is 29.8 Å². The van der Waals surface area contributed by atoms with Gasteiger partial charge in [-0.15, -0.1) is 24.0 Å². The van der Waals surface area contributed by atoms with Gasteiger partial charge in [0, 0.05) is 71.4 Å². The summed E-state index contributed by atoms with van der Waals surface area (Å²) < 4.78 is 5.46. The summed E-state index contributed by atoms with van der Waals surface area (Å²) in [4.78, 5) is 23.6. The van der Waals surface area contributed by atoms with Crippen LogP contribution in [-0.2, 0) is 11.3 Å². The molecule has 8 heteroatoms. The molecule has 1 amide bonds. The van der Waals surface area contributed by atoms with Gasteiger partial charge in [-0.05, 0) is 18.9 Å². The first-order chi connectivity index (χ1) is 14.6. The standard InChI is InChI=1S/C23H37N5O2.HI/c1-24-23(26(2)18-20-10-6-7-11-21(20)30-3)25-12-13-27-14-16-28(17-15-27)22(29)19-8-4-5-9-19;/h6-7,10-11,19H,4-5,8-9,12-18H2,1-3H3,(H,24,25);1H. The van der Waals surface area contributed by atoms with Crippen molar-refractivity contribution in [2.75, 3.05) is 60.5 Å². The molecule has 0 bridgehead atoms. The maximum absolute atomic E-state index is 12.6. The van der Waals surface area contributed by atoms with Crippen molar-refractivity contribution in [2.45, 2.75) is 32.2 Å². The molecule has 1 aliphatic heterocycles. The highest BCUT2D eigenvalue weighted by Crippen LogP contribution is 2.26. The van der Waals surface area contributed by atoms with Crippen LogP contribution in [0.25, 0.3) is 0 Å². The number of rotatable bonds is 7. The van der Waals surface area contributed by atoms with Crippen LogP contribution in [-0.4, -0.2) is 87.0 Å². The van der Waals surface area contributed by atoms with E-state index in [-0.39, 0.29) is 24.0 Å². The summed E-state index contributed by atoms with van der Waals surface area (Å²) in [6.07, 6.45) is 4.61. The number of ether oxygens (including phenoxy) is 1. The van der Waals surface area contributed by atoms with E-state index in [0.29, 0.717) is 11.8 Å². The molecule has 1 aromatic rings. The van der Waals surface area contributed by atoms with Crippen LogP contribution in [0.15, 0.2) is 29.3 Å². The Morgan fingerprint density at radius 2 is 1.87 bits per heavy atom. The van der Waals surface area contributed by atoms with Gasteiger partial charge in [0.05, 0.1) is 7.11 Å². The zero-order valence-electron chi connectivity index (χ0n) is 19.2. The Bertz CT molecular complexity index is 716. The number of halogens is 1. The highest BCUT2D eigenvalue weighted by molar-refractivity contribution is 14.0. The van der Waals surface area contributed by atoms with E-state index in [2.05, 4.69) is 31.1 Å². The van der Waals surface area contributed by atoms with Crippen molar-refractivity contribution in [3.63, 3.8) is 0 Å². The second kappa shape index (κ2) is 13.1. The highest BCUT2D eigenvalue weighted by Gasteiger charge is 2.29. The monoisotopic (exact) mass is 543 g/mol. The van der Waals surface area contributed by atoms with Crippen LogP contribution in [0.4, 0.5) is 0 Å². The number of guanidine groups is 1. The first kappa shape index (κ1) is 25.7. The average molecular weight is 543 g/mol. The van der Waals surface area contributed by atoms with Gasteiger partial charge in [0.2, 0.25) is 5.91 Å². The Morgan fingerprint density at radius 1 is 1.19 bits per heavy atom. The van der Waals surface area contributed by atoms with Crippen LogP contribution in [0.5, 0.6) is 5.75 Å². The third-order valence-electron chi connectivity index (χ3n) is 6.27. The Balaban J connectivity index is 0.00000341. The average Bonchev–Trinajstić information content (AvgIpc) is 3.32. The first-order valence-corrected chi connectivity index (χ1v) is 11.2. The maximum atomic E-state index is 12.6. The number of nitrogens with zero attached hydrogens (tertiary/aromatic N) is 4. The number of aliphatic imine (C=N–C) groups is 1. The van der Waals surface area contributed by atoms with Crippen molar-refractivity contribution in [2.24, 2.45) is 10.9 Å². The SMILES string of the molecule is CN=C(NCCN1CCN(C(=O)C2CCCC2)CC1)N(C)Cc1ccccc1OC.I. The molecule has 1 saturated carbocycles. The molecule has 0 aromatic heterocycles. The molecular formula is C23H38IN5O2. The molecule has 0 unspecified atom stereocenters. The van der Waals surface area contributed by atoms with E-state index in [9.17, 15) is 4.79 Å². The predicted octanol–water partition coefficient (Wildman–Crippen LogP) is 2.65. The van der Waals surface area contributed by atoms with Gasteiger partial charge in [-0.3, -0.25) is 14.7 Å². The number of methoxy groups -OCH3 is 1. The Kier molecular flexibility index (Phi) is 10.9. The molecule has 0 atom stereocenters. The third kappa shape index (κ3) is 7.24. The van der Waals surface area contributed by atoms with Gasteiger partial charge >= 0.3 is 0 Å². The molecule has 1 heterocycles. The number of hydrogen-bond donors (Lipinski definition) is 1. The quantitative estimate of drug-likeness (QED) is 0.326. The smallest absolute Gasteiger partial charge is 0.225 e. The number of benzene rings is 1. The topological polar surface area (TPSA) is 60.4 Å². The summed E-state index contributed by atoms with van der Waals surface area (Å²) in [5.74, 6) is 2.45. The number of hydrogen-bond acceptors (Lipinski definition) is 4. The molecular weight excluding hydrogens is 505 g/mol. The van der Waals surface area contributed by atoms with Gasteiger partial charge in [0.25, 0.3) is 0 Å². The molecule has 1 N–H and O–H groups in total. The van der Waals surface area contributed by atoms with E-state index in [0.717, 1.165) is 75.9 Å². The summed E-state index contributed by atoms with van der Waals surface area (Å²) in [5, 5.41) is 3.47. The fourth-order valence-corrected chi connectivity index (χ4v) is 4.50. The van der Waals surface area contributed by atoms with Gasteiger partial charge in [0.15, 0.2) is 5.96 Å². The van der Waals surface area contributed by atoms with E-state index >= 15 is 0 Å². The van der Waals surface area contributed by atoms with Crippen molar-refractivity contribution in [3.8, 4) is 5.75 Å². The lowest BCUT2D eigenvalue weighted by Gasteiger charge is -2.36. The molecule has 7 nitrogen and oxygen atoms in total. The lowest BCUT2D eigenvalue weighted by Crippen LogP contribution is -2.51. The zero-order chi connectivity index (χ0) is 21.3. The minimum atomic E-state index is 0. The normalized spacial score (nSPS) is 17.9. The van der Waals surface area contributed by atoms with Gasteiger partial charge in [-0.2, -0.15) is 0 Å². The van der Waals surface area contributed by atoms with Crippen molar-refractivity contribution < 1.29 is 9.53 Å². The van der Waals surface area contributed by atoms with Crippen LogP contribution < -0.4 is 10.1 Å². The summed E-state index contributed by atoms with van der Waals surface area (Å²) in [5.41, 5.74) is 1.13. The van der Waals surface area contributed by atoms with Crippen molar-refractivity contribution >= 4 is 35.8 Å². The second-order valence-electron chi connectivity index (χ2n) is 8.29. The second-order valence-corrected chi connectivity index (χ2v) is 8.29. The van der Waals surface area contributed by atoms with Crippen LogP contribution in [0, 0.1) is 5.92 Å². The van der Waals surface area contributed by atoms with E-state index in [1.165, 1.54) is 12.8 Å². The largest absolute Gasteiger partial charge is 0.496 e. The molecule has 31 heavy (non-hydrogen) atoms. The Hall–Kier alpha value is -1.55. The fourth-order valence-electron chi connectivity index (χ4n) is 4.50. The number of piperazine rings is 1. The Labute approximate surface area is 204 Å². The molecule has 3 rings (SSSR count). The molecule has 1 aliphatic carbocycles. The zero-order valence-corrected chi connectivity index (χ0v) is 21.5. The first-order valence-electron chi connectivity index (χ1n) is 11.2. The number of carbonyl (C=O) groups excluding carboxylic acids is 1. The lowest BCUT2D eigenvalue weighted by molar-refractivity contribution is -0.137. The number of nitrogens with one attached hydrogen (secondary N) is 1. The van der Waals surface area contributed by atoms with Crippen molar-refractivity contribution in [1.29, 1.82) is 0 Å². The lowest BCUT2D eigenvalue weighted by atomic mass is 10.1. The van der Waals surface area contributed by atoms with Gasteiger partial charge in [-0.1, -0.05) is 31.0 Å². The molecule has 0 spiro atoms. The number of amides is 1. The molecule has 1 aromatic carbocycles. The van der Waals surface area contributed by atoms with E-state index < -0.39 is 0 Å². The van der Waals surface area contributed by atoms with Crippen LogP contribution >= 0.6 is 24.0 Å². The van der Waals surface area contributed by atoms with Crippen LogP contribution in [0.3, 0.4) is 0 Å². The summed E-state index contributed by atoms with van der Waals surface area (Å²) >= 11 is 0. The van der Waals surface area contributed by atoms with Gasteiger partial charge in [-0.25, -0.2) is 0 Å². The van der Waals surface area contributed by atoms with Gasteiger partial charge < -0.3 is 19.9 Å². The van der Waals surface area contributed by atoms with E-state index in [4.69, 9.17) is 4.74 Å². The number of para-hydroxylation sites is 1. The molecule has 1 saturated heterocycles. The van der Waals surface area contributed by atoms with Crippen molar-refractivity contribution in [1.82, 2.24) is 20.0 Å². The fraction of sp³-hybridized carbons (Fsp3) is 0.652. The molecule has 2 aliphatic rings. The molecule has 0 radical (unpaired) electrons. The predicted molar refractivity (Wildman–Crippen MR) is 136 cm³/mol. The summed E-state index contributed by atoms with van der Waals surface area (Å²) in [6, 6.07) is 8.07. The Morgan fingerprint density at radius 3 is 2.52 bits per heavy atom. The minimum absolute atomic E-state index is 0. The molecule has 174 valence electrons. The number of carbonyl (C=O) groups is 1.